The molecule has 6 N–H and O–H groups in total. The zero-order chi connectivity index (χ0) is 44.1. The zero-order valence-electron chi connectivity index (χ0n) is 36.4. The maximum Gasteiger partial charge on any atom is 0.330 e. The number of ether oxygens (including phenoxy) is 3. The van der Waals surface area contributed by atoms with Crippen LogP contribution in [0, 0.1) is 47.3 Å². The molecule has 3 rings (SSSR count). The van der Waals surface area contributed by atoms with E-state index in [1.165, 1.54) is 40.7 Å². The second-order valence-corrected chi connectivity index (χ2v) is 18.2. The van der Waals surface area contributed by atoms with Crippen LogP contribution in [0.2, 0.25) is 0 Å². The lowest BCUT2D eigenvalue weighted by Crippen LogP contribution is -2.75. The molecule has 2 saturated heterocycles. The summed E-state index contributed by atoms with van der Waals surface area (Å²) in [5.41, 5.74) is -4.38. The summed E-state index contributed by atoms with van der Waals surface area (Å²) in [6, 6.07) is 0. The fraction of sp³-hybridized carbons (Fsp3) is 0.778. The van der Waals surface area contributed by atoms with Gasteiger partial charge in [-0.15, -0.1) is 0 Å². The third-order valence-electron chi connectivity index (χ3n) is 13.3. The van der Waals surface area contributed by atoms with Crippen molar-refractivity contribution >= 4 is 23.3 Å². The molecule has 3 heterocycles. The van der Waals surface area contributed by atoms with Gasteiger partial charge in [-0.05, 0) is 70.6 Å². The SMILES string of the molecule is CC[C@H]1C=CC=CC[C@@H](C)[C@H](O)[C@](C)(O)C(=O)[C@@H](C)[C@@H](O)[C@H](C)C(=O)[C@H](C)[C@@H](O)[C@H](C)C=CC(=O)O[C@H]2[C@H](C)[C@@H](CC1)O[C@@]1(O[C@@H](C[C@@H](C)O)[C@@H](C)CC1=O)[C@@]2(C)O. The van der Waals surface area contributed by atoms with E-state index in [-0.39, 0.29) is 24.7 Å². The number of carbonyl (C=O) groups is 4. The van der Waals surface area contributed by atoms with Gasteiger partial charge >= 0.3 is 5.97 Å². The number of rotatable bonds is 3. The van der Waals surface area contributed by atoms with Gasteiger partial charge < -0.3 is 44.8 Å². The summed E-state index contributed by atoms with van der Waals surface area (Å²) in [4.78, 5) is 54.6. The predicted molar refractivity (Wildman–Crippen MR) is 217 cm³/mol. The van der Waals surface area contributed by atoms with Crippen LogP contribution >= 0.6 is 0 Å². The molecule has 0 aliphatic carbocycles. The Hall–Kier alpha value is -2.62. The fourth-order valence-corrected chi connectivity index (χ4v) is 8.94. The van der Waals surface area contributed by atoms with Gasteiger partial charge in [0.05, 0.1) is 36.6 Å². The van der Waals surface area contributed by atoms with Crippen LogP contribution in [0.15, 0.2) is 36.5 Å². The second kappa shape index (κ2) is 20.3. The molecule has 0 aromatic carbocycles. The van der Waals surface area contributed by atoms with Crippen LogP contribution in [-0.2, 0) is 33.4 Å². The molecule has 0 saturated carbocycles. The van der Waals surface area contributed by atoms with E-state index in [1.807, 2.05) is 38.2 Å². The fourth-order valence-electron chi connectivity index (χ4n) is 8.94. The Morgan fingerprint density at radius 1 is 0.828 bits per heavy atom. The van der Waals surface area contributed by atoms with Crippen LogP contribution in [-0.4, -0.2) is 114 Å². The molecule has 13 heteroatoms. The molecule has 1 spiro atoms. The van der Waals surface area contributed by atoms with Gasteiger partial charge in [0.25, 0.3) is 5.79 Å². The van der Waals surface area contributed by atoms with Gasteiger partial charge in [-0.1, -0.05) is 85.8 Å². The molecule has 0 aromatic rings. The molecular weight excluding hydrogens is 748 g/mol. The van der Waals surface area contributed by atoms with Crippen molar-refractivity contribution in [2.45, 2.75) is 174 Å². The number of aliphatic hydroxyl groups excluding tert-OH is 4. The highest BCUT2D eigenvalue weighted by atomic mass is 16.7. The minimum Gasteiger partial charge on any atom is -0.456 e. The smallest absolute Gasteiger partial charge is 0.330 e. The Morgan fingerprint density at radius 2 is 1.45 bits per heavy atom. The van der Waals surface area contributed by atoms with Gasteiger partial charge in [-0.3, -0.25) is 14.4 Å². The Kier molecular flexibility index (Phi) is 17.4. The number of esters is 1. The summed E-state index contributed by atoms with van der Waals surface area (Å²) in [6.07, 6.45) is 4.55. The van der Waals surface area contributed by atoms with Crippen molar-refractivity contribution in [1.82, 2.24) is 0 Å². The van der Waals surface area contributed by atoms with E-state index in [9.17, 15) is 49.8 Å². The first kappa shape index (κ1) is 49.7. The standard InChI is InChI=1S/C45H72O13/c1-12-32-17-15-13-14-16-25(3)40(52)43(10,54)41(53)31(9)39(51)30(8)38(50)29(7)37(49)24(2)18-21-36(48)56-42-28(6)33(20-19-32)57-45(44(42,11)55)35(47)22-26(4)34(58-45)23-27(5)46/h13-15,17-18,21,24-34,37,39-40,42,46,49,51-52,54-55H,12,16,19-20,22-23H2,1-11H3/t24-,25-,26+,27-,28-,29-,30-,31+,32+,33-,34+,37+,39+,40+,42+,43+,44+,45+/m1/s1. The highest BCUT2D eigenvalue weighted by Gasteiger charge is 2.69. The summed E-state index contributed by atoms with van der Waals surface area (Å²) in [5.74, 6) is -10.5. The molecule has 0 radical (unpaired) electrons. The molecule has 13 nitrogen and oxygen atoms in total. The second-order valence-electron chi connectivity index (χ2n) is 18.2. The maximum atomic E-state index is 14.0. The average Bonchev–Trinajstić information content (AvgIpc) is 3.16. The molecule has 0 unspecified atom stereocenters. The van der Waals surface area contributed by atoms with Crippen molar-refractivity contribution in [2.75, 3.05) is 0 Å². The van der Waals surface area contributed by atoms with Gasteiger partial charge in [0.2, 0.25) is 0 Å². The lowest BCUT2D eigenvalue weighted by atomic mass is 9.71. The van der Waals surface area contributed by atoms with Crippen molar-refractivity contribution in [3.05, 3.63) is 36.5 Å². The Labute approximate surface area is 344 Å². The zero-order valence-corrected chi connectivity index (χ0v) is 36.4. The molecule has 58 heavy (non-hydrogen) atoms. The minimum atomic E-state index is -2.23. The van der Waals surface area contributed by atoms with E-state index < -0.39 is 119 Å². The van der Waals surface area contributed by atoms with Crippen molar-refractivity contribution in [3.63, 3.8) is 0 Å². The first-order valence-electron chi connectivity index (χ1n) is 21.2. The normalized spacial score (nSPS) is 45.3. The number of hydrogen-bond acceptors (Lipinski definition) is 13. The van der Waals surface area contributed by atoms with Gasteiger partial charge in [0, 0.05) is 42.1 Å². The third-order valence-corrected chi connectivity index (χ3v) is 13.3. The van der Waals surface area contributed by atoms with Crippen LogP contribution < -0.4 is 0 Å². The highest BCUT2D eigenvalue weighted by Crippen LogP contribution is 2.49. The van der Waals surface area contributed by atoms with Crippen molar-refractivity contribution in [1.29, 1.82) is 0 Å². The third kappa shape index (κ3) is 10.8. The number of allylic oxidation sites excluding steroid dienone is 4. The number of Topliss-reactive ketones (excluding diaryl/α,β-unsaturated/α-hetero) is 3. The summed E-state index contributed by atoms with van der Waals surface area (Å²) < 4.78 is 19.0. The number of fused-ring (bicyclic) bond motifs is 2. The summed E-state index contributed by atoms with van der Waals surface area (Å²) in [5, 5.41) is 67.3. The summed E-state index contributed by atoms with van der Waals surface area (Å²) in [6.45, 7) is 17.4. The van der Waals surface area contributed by atoms with E-state index in [0.717, 1.165) is 12.5 Å². The van der Waals surface area contributed by atoms with Crippen LogP contribution in [0.4, 0.5) is 0 Å². The molecular formula is C45H72O13. The predicted octanol–water partition coefficient (Wildman–Crippen LogP) is 4.18. The van der Waals surface area contributed by atoms with E-state index in [4.69, 9.17) is 14.2 Å². The van der Waals surface area contributed by atoms with Gasteiger partial charge in [0.1, 0.15) is 17.5 Å². The molecule has 0 aromatic heterocycles. The maximum absolute atomic E-state index is 14.0. The van der Waals surface area contributed by atoms with Crippen molar-refractivity contribution in [3.8, 4) is 0 Å². The van der Waals surface area contributed by atoms with Gasteiger partial charge in [-0.2, -0.15) is 0 Å². The molecule has 2 fully saturated rings. The van der Waals surface area contributed by atoms with Crippen LogP contribution in [0.3, 0.4) is 0 Å². The van der Waals surface area contributed by atoms with E-state index >= 15 is 0 Å². The summed E-state index contributed by atoms with van der Waals surface area (Å²) in [7, 11) is 0. The Morgan fingerprint density at radius 3 is 2.05 bits per heavy atom. The van der Waals surface area contributed by atoms with E-state index in [1.54, 1.807) is 27.7 Å². The lowest BCUT2D eigenvalue weighted by molar-refractivity contribution is -0.388. The van der Waals surface area contributed by atoms with Crippen LogP contribution in [0.25, 0.3) is 0 Å². The monoisotopic (exact) mass is 820 g/mol. The molecule has 3 aliphatic heterocycles. The lowest BCUT2D eigenvalue weighted by Gasteiger charge is -2.57. The van der Waals surface area contributed by atoms with Crippen molar-refractivity contribution in [2.24, 2.45) is 47.3 Å². The Balaban J connectivity index is 2.06. The largest absolute Gasteiger partial charge is 0.456 e. The van der Waals surface area contributed by atoms with Crippen LogP contribution in [0.5, 0.6) is 0 Å². The van der Waals surface area contributed by atoms with Crippen molar-refractivity contribution < 1.29 is 64.0 Å². The highest BCUT2D eigenvalue weighted by molar-refractivity contribution is 5.91. The van der Waals surface area contributed by atoms with E-state index in [2.05, 4.69) is 0 Å². The molecule has 2 bridgehead atoms. The number of carbonyl (C=O) groups excluding carboxylic acids is 4. The van der Waals surface area contributed by atoms with Gasteiger partial charge in [0.15, 0.2) is 17.2 Å². The number of aliphatic hydroxyl groups is 6. The first-order valence-corrected chi connectivity index (χ1v) is 21.2. The molecule has 3 aliphatic rings. The van der Waals surface area contributed by atoms with Crippen LogP contribution in [0.1, 0.15) is 115 Å². The average molecular weight is 821 g/mol. The molecule has 0 amide bonds. The molecule has 330 valence electrons. The quantitative estimate of drug-likeness (QED) is 0.221. The van der Waals surface area contributed by atoms with Gasteiger partial charge in [-0.25, -0.2) is 4.79 Å². The molecule has 18 atom stereocenters. The first-order chi connectivity index (χ1) is 26.8. The number of ketones is 3. The topological polar surface area (TPSA) is 217 Å². The number of hydrogen-bond donors (Lipinski definition) is 6. The minimum absolute atomic E-state index is 0.00618. The Bertz CT molecular complexity index is 1510. The van der Waals surface area contributed by atoms with E-state index in [0.29, 0.717) is 19.3 Å². The summed E-state index contributed by atoms with van der Waals surface area (Å²) >= 11 is 0.